The van der Waals surface area contributed by atoms with Gasteiger partial charge >= 0.3 is 6.03 Å². The summed E-state index contributed by atoms with van der Waals surface area (Å²) in [6, 6.07) is 17.3. The van der Waals surface area contributed by atoms with Gasteiger partial charge < -0.3 is 25.0 Å². The second-order valence-corrected chi connectivity index (χ2v) is 12.1. The molecule has 10 nitrogen and oxygen atoms in total. The van der Waals surface area contributed by atoms with Crippen LogP contribution in [0.4, 0.5) is 20.6 Å². The first-order valence-electron chi connectivity index (χ1n) is 13.5. The largest absolute Gasteiger partial charge is 0.488 e. The molecule has 0 unspecified atom stereocenters. The molecule has 0 bridgehead atoms. The third kappa shape index (κ3) is 7.56. The molecule has 3 aromatic carbocycles. The fourth-order valence-electron chi connectivity index (χ4n) is 4.63. The Kier molecular flexibility index (Phi) is 9.69. The van der Waals surface area contributed by atoms with Crippen LogP contribution in [0.25, 0.3) is 0 Å². The number of benzene rings is 3. The molecule has 0 saturated heterocycles. The van der Waals surface area contributed by atoms with E-state index >= 15 is 0 Å². The van der Waals surface area contributed by atoms with Crippen LogP contribution < -0.4 is 14.8 Å². The van der Waals surface area contributed by atoms with Crippen molar-refractivity contribution in [2.75, 3.05) is 36.8 Å². The summed E-state index contributed by atoms with van der Waals surface area (Å²) in [6.45, 7) is 3.87. The molecule has 0 aromatic heterocycles. The molecule has 0 saturated carbocycles. The van der Waals surface area contributed by atoms with Gasteiger partial charge in [-0.1, -0.05) is 25.1 Å². The number of aliphatic hydroxyl groups is 1. The van der Waals surface area contributed by atoms with Crippen molar-refractivity contribution in [2.45, 2.75) is 37.3 Å². The molecular weight excluding hydrogens is 563 g/mol. The van der Waals surface area contributed by atoms with Crippen LogP contribution in [0.1, 0.15) is 19.4 Å². The van der Waals surface area contributed by atoms with Crippen LogP contribution in [0.5, 0.6) is 5.75 Å². The lowest BCUT2D eigenvalue weighted by molar-refractivity contribution is -0.134. The Morgan fingerprint density at radius 1 is 1.12 bits per heavy atom. The fourth-order valence-corrected chi connectivity index (χ4v) is 5.68. The number of halogens is 1. The normalized spacial score (nSPS) is 18.0. The highest BCUT2D eigenvalue weighted by Crippen LogP contribution is 2.30. The second-order valence-electron chi connectivity index (χ2n) is 10.4. The van der Waals surface area contributed by atoms with E-state index in [0.717, 1.165) is 24.3 Å². The van der Waals surface area contributed by atoms with Crippen molar-refractivity contribution in [3.05, 3.63) is 84.2 Å². The number of carbonyl (C=O) groups is 2. The summed E-state index contributed by atoms with van der Waals surface area (Å²) >= 11 is 0. The molecule has 3 aromatic rings. The smallest absolute Gasteiger partial charge is 0.321 e. The van der Waals surface area contributed by atoms with Gasteiger partial charge in [0.25, 0.3) is 10.0 Å². The minimum atomic E-state index is -4.03. The van der Waals surface area contributed by atoms with Gasteiger partial charge in [-0.25, -0.2) is 17.6 Å². The van der Waals surface area contributed by atoms with Gasteiger partial charge in [0.2, 0.25) is 5.91 Å². The predicted octanol–water partition coefficient (Wildman–Crippen LogP) is 3.94. The van der Waals surface area contributed by atoms with Crippen molar-refractivity contribution in [2.24, 2.45) is 5.92 Å². The quantitative estimate of drug-likeness (QED) is 0.361. The summed E-state index contributed by atoms with van der Waals surface area (Å²) in [7, 11) is -2.38. The van der Waals surface area contributed by atoms with E-state index in [0.29, 0.717) is 17.0 Å². The predicted molar refractivity (Wildman–Crippen MR) is 157 cm³/mol. The van der Waals surface area contributed by atoms with Crippen LogP contribution in [-0.2, 0) is 21.2 Å². The summed E-state index contributed by atoms with van der Waals surface area (Å²) in [5.41, 5.74) is 1.27. The Bertz CT molecular complexity index is 1500. The van der Waals surface area contributed by atoms with Gasteiger partial charge in [-0.2, -0.15) is 0 Å². The Hall–Kier alpha value is -4.16. The van der Waals surface area contributed by atoms with Gasteiger partial charge in [-0.3, -0.25) is 9.52 Å². The number of sulfonamides is 1. The summed E-state index contributed by atoms with van der Waals surface area (Å²) in [6.07, 6.45) is -0.647. The van der Waals surface area contributed by atoms with E-state index in [1.165, 1.54) is 17.0 Å². The molecule has 1 aliphatic rings. The zero-order valence-corrected chi connectivity index (χ0v) is 24.5. The van der Waals surface area contributed by atoms with Crippen molar-refractivity contribution < 1.29 is 32.2 Å². The highest BCUT2D eigenvalue weighted by molar-refractivity contribution is 7.92. The van der Waals surface area contributed by atoms with Gasteiger partial charge in [0.15, 0.2) is 0 Å². The molecule has 4 rings (SSSR count). The number of hydrogen-bond donors (Lipinski definition) is 3. The molecule has 0 fully saturated rings. The number of para-hydroxylation sites is 1. The summed E-state index contributed by atoms with van der Waals surface area (Å²) < 4.78 is 48.0. The Balaban J connectivity index is 1.62. The number of nitrogens with one attached hydrogen (secondary N) is 2. The van der Waals surface area contributed by atoms with Crippen molar-refractivity contribution >= 4 is 33.3 Å². The standard InChI is InChI=1S/C30H35FN4O6S/c1-20-17-35(21(2)19-36)29(37)16-22-15-25(33-42(39,40)26-12-9-23(31)10-13-26)11-14-27(22)41-28(20)18-34(3)30(38)32-24-7-5-4-6-8-24/h4-15,20-21,28,33,36H,16-19H2,1-3H3,(H,32,38)/t20-,21-,28+/m0/s1. The topological polar surface area (TPSA) is 128 Å². The monoisotopic (exact) mass is 598 g/mol. The number of urea groups is 1. The Morgan fingerprint density at radius 3 is 2.48 bits per heavy atom. The average Bonchev–Trinajstić information content (AvgIpc) is 3.00. The van der Waals surface area contributed by atoms with E-state index in [1.807, 2.05) is 25.1 Å². The molecule has 1 heterocycles. The SMILES string of the molecule is C[C@H]1CN([C@@H](C)CO)C(=O)Cc2cc(NS(=O)(=O)c3ccc(F)cc3)ccc2O[C@@H]1CN(C)C(=O)Nc1ccccc1. The first-order valence-corrected chi connectivity index (χ1v) is 15.0. The van der Waals surface area contributed by atoms with E-state index in [9.17, 15) is 27.5 Å². The molecule has 0 radical (unpaired) electrons. The third-order valence-corrected chi connectivity index (χ3v) is 8.52. The minimum Gasteiger partial charge on any atom is -0.488 e. The summed E-state index contributed by atoms with van der Waals surface area (Å²) in [4.78, 5) is 29.3. The molecule has 3 amide bonds. The first-order chi connectivity index (χ1) is 20.0. The van der Waals surface area contributed by atoms with Crippen LogP contribution in [0, 0.1) is 11.7 Å². The van der Waals surface area contributed by atoms with E-state index in [2.05, 4.69) is 10.0 Å². The van der Waals surface area contributed by atoms with Crippen LogP contribution in [0.15, 0.2) is 77.7 Å². The van der Waals surface area contributed by atoms with E-state index in [-0.39, 0.29) is 54.6 Å². The number of carbonyl (C=O) groups excluding carboxylic acids is 2. The van der Waals surface area contributed by atoms with E-state index in [1.54, 1.807) is 37.1 Å². The lowest BCUT2D eigenvalue weighted by atomic mass is 10.0. The van der Waals surface area contributed by atoms with Crippen LogP contribution in [0.3, 0.4) is 0 Å². The van der Waals surface area contributed by atoms with Gasteiger partial charge in [0.1, 0.15) is 17.7 Å². The number of nitrogens with zero attached hydrogens (tertiary/aromatic N) is 2. The zero-order valence-electron chi connectivity index (χ0n) is 23.7. The molecule has 12 heteroatoms. The molecule has 3 N–H and O–H groups in total. The van der Waals surface area contributed by atoms with Gasteiger partial charge in [-0.05, 0) is 61.5 Å². The first kappa shape index (κ1) is 30.8. The molecule has 42 heavy (non-hydrogen) atoms. The van der Waals surface area contributed by atoms with Crippen LogP contribution >= 0.6 is 0 Å². The Labute approximate surface area is 245 Å². The van der Waals surface area contributed by atoms with Gasteiger partial charge in [0, 0.05) is 36.4 Å². The van der Waals surface area contributed by atoms with Gasteiger partial charge in [0.05, 0.1) is 30.5 Å². The van der Waals surface area contributed by atoms with Crippen LogP contribution in [0.2, 0.25) is 0 Å². The van der Waals surface area contributed by atoms with Gasteiger partial charge in [-0.15, -0.1) is 0 Å². The summed E-state index contributed by atoms with van der Waals surface area (Å²) in [5.74, 6) is -0.684. The molecule has 224 valence electrons. The number of hydrogen-bond acceptors (Lipinski definition) is 6. The summed E-state index contributed by atoms with van der Waals surface area (Å²) in [5, 5.41) is 12.7. The molecule has 0 aliphatic carbocycles. The maximum atomic E-state index is 13.4. The number of anilines is 2. The number of aliphatic hydroxyl groups excluding tert-OH is 1. The lowest BCUT2D eigenvalue weighted by Crippen LogP contribution is -2.48. The highest BCUT2D eigenvalue weighted by atomic mass is 32.2. The number of amides is 3. The number of likely N-dealkylation sites (N-methyl/N-ethyl adjacent to an activating group) is 1. The highest BCUT2D eigenvalue weighted by Gasteiger charge is 2.32. The maximum absolute atomic E-state index is 13.4. The molecule has 0 spiro atoms. The fraction of sp³-hybridized carbons (Fsp3) is 0.333. The third-order valence-electron chi connectivity index (χ3n) is 7.12. The van der Waals surface area contributed by atoms with Crippen molar-refractivity contribution in [1.82, 2.24) is 9.80 Å². The van der Waals surface area contributed by atoms with Crippen LogP contribution in [-0.4, -0.2) is 74.2 Å². The molecule has 1 aliphatic heterocycles. The number of ether oxygens (including phenoxy) is 1. The molecule has 3 atom stereocenters. The average molecular weight is 599 g/mol. The van der Waals surface area contributed by atoms with Crippen molar-refractivity contribution in [3.8, 4) is 5.75 Å². The number of fused-ring (bicyclic) bond motifs is 1. The Morgan fingerprint density at radius 2 is 1.81 bits per heavy atom. The molecular formula is C30H35FN4O6S. The van der Waals surface area contributed by atoms with E-state index in [4.69, 9.17) is 4.74 Å². The second kappa shape index (κ2) is 13.2. The number of rotatable bonds is 8. The van der Waals surface area contributed by atoms with Crippen molar-refractivity contribution in [1.29, 1.82) is 0 Å². The maximum Gasteiger partial charge on any atom is 0.321 e. The van der Waals surface area contributed by atoms with E-state index < -0.39 is 28.0 Å². The van der Waals surface area contributed by atoms with Crippen molar-refractivity contribution in [3.63, 3.8) is 0 Å². The lowest BCUT2D eigenvalue weighted by Gasteiger charge is -2.34. The minimum absolute atomic E-state index is 0.102. The zero-order chi connectivity index (χ0) is 30.4.